The van der Waals surface area contributed by atoms with Gasteiger partial charge in [0.1, 0.15) is 11.6 Å². The van der Waals surface area contributed by atoms with Crippen LogP contribution >= 0.6 is 22.7 Å². The molecule has 13 rings (SSSR count). The molecule has 0 bridgehead atoms. The van der Waals surface area contributed by atoms with Crippen molar-refractivity contribution in [2.75, 3.05) is 0 Å². The number of hydrogen-bond acceptors (Lipinski definition) is 4. The normalized spacial score (nSPS) is 13.2. The maximum atomic E-state index is 4.69. The van der Waals surface area contributed by atoms with Crippen molar-refractivity contribution in [1.82, 2.24) is 19.1 Å². The monoisotopic (exact) mass is 894 g/mol. The molecular weight excluding hydrogens is 853 g/mol. The molecule has 318 valence electrons. The van der Waals surface area contributed by atoms with Crippen molar-refractivity contribution in [2.24, 2.45) is 0 Å². The largest absolute Gasteiger partial charge is 0.294 e. The molecule has 0 saturated heterocycles. The molecule has 1 aliphatic carbocycles. The van der Waals surface area contributed by atoms with Gasteiger partial charge in [0.15, 0.2) is 0 Å². The van der Waals surface area contributed by atoms with E-state index in [-0.39, 0.29) is 5.41 Å². The van der Waals surface area contributed by atoms with E-state index in [1.54, 1.807) is 0 Å². The Bertz CT molecular complexity index is 3700. The van der Waals surface area contributed by atoms with E-state index in [1.807, 2.05) is 59.3 Å². The van der Waals surface area contributed by atoms with Gasteiger partial charge >= 0.3 is 0 Å². The summed E-state index contributed by atoms with van der Waals surface area (Å²) in [6, 6.07) is 65.9. The predicted octanol–water partition coefficient (Wildman–Crippen LogP) is 16.8. The first-order valence-corrected chi connectivity index (χ1v) is 24.3. The molecule has 4 nitrogen and oxygen atoms in total. The van der Waals surface area contributed by atoms with Crippen LogP contribution in [0.2, 0.25) is 0 Å². The van der Waals surface area contributed by atoms with Crippen molar-refractivity contribution in [2.45, 2.75) is 19.3 Å². The van der Waals surface area contributed by atoms with E-state index < -0.39 is 0 Å². The lowest BCUT2D eigenvalue weighted by Crippen LogP contribution is -2.15. The van der Waals surface area contributed by atoms with Crippen LogP contribution < -0.4 is 0 Å². The summed E-state index contributed by atoms with van der Waals surface area (Å²) >= 11 is 3.66. The van der Waals surface area contributed by atoms with Gasteiger partial charge in [-0.05, 0) is 142 Å². The zero-order valence-corrected chi connectivity index (χ0v) is 38.5. The van der Waals surface area contributed by atoms with Crippen molar-refractivity contribution in [3.63, 3.8) is 0 Å². The minimum absolute atomic E-state index is 0.124. The van der Waals surface area contributed by atoms with Crippen LogP contribution in [0, 0.1) is 0 Å². The third-order valence-electron chi connectivity index (χ3n) is 13.5. The summed E-state index contributed by atoms with van der Waals surface area (Å²) < 4.78 is 4.52. The van der Waals surface area contributed by atoms with Gasteiger partial charge in [0.2, 0.25) is 0 Å². The molecule has 6 heteroatoms. The molecule has 0 amide bonds. The molecule has 1 aliphatic rings. The van der Waals surface area contributed by atoms with Gasteiger partial charge in [0, 0.05) is 58.9 Å². The second-order valence-corrected chi connectivity index (χ2v) is 20.1. The number of aromatic nitrogens is 4. The van der Waals surface area contributed by atoms with Gasteiger partial charge in [0.25, 0.3) is 0 Å². The highest BCUT2D eigenvalue weighted by atomic mass is 32.1. The quantitative estimate of drug-likeness (QED) is 0.152. The van der Waals surface area contributed by atoms with Gasteiger partial charge in [-0.15, -0.1) is 22.7 Å². The summed E-state index contributed by atoms with van der Waals surface area (Å²) in [4.78, 5) is 14.3. The zero-order chi connectivity index (χ0) is 44.6. The number of pyridine rings is 2. The average molecular weight is 895 g/mol. The van der Waals surface area contributed by atoms with Crippen molar-refractivity contribution in [3.05, 3.63) is 226 Å². The number of hydrogen-bond donors (Lipinski definition) is 0. The minimum atomic E-state index is -0.124. The maximum absolute atomic E-state index is 4.69. The van der Waals surface area contributed by atoms with Gasteiger partial charge in [0.05, 0.1) is 22.1 Å². The minimum Gasteiger partial charge on any atom is -0.294 e. The fourth-order valence-corrected chi connectivity index (χ4v) is 12.1. The van der Waals surface area contributed by atoms with Crippen LogP contribution in [-0.4, -0.2) is 19.1 Å². The van der Waals surface area contributed by atoms with Crippen LogP contribution in [0.15, 0.2) is 194 Å². The molecule has 0 radical (unpaired) electrons. The standard InChI is InChI=1S/C61H42N4S2/c1-61(2)51-35-39(17-23-43-25-31-57(66-43)41-21-29-55-49(37-41)47-11-3-5-13-53(47)64(55)59-15-7-9-33-62-59)19-27-45(51)46-28-20-40(36-52(46)61)18-24-44-26-32-58(67-44)42-22-30-56-50(38-42)48-12-4-6-14-54(48)65(56)60-16-8-10-34-63-60/h3-38H,1-2H3/b23-17+,24-18+. The van der Waals surface area contributed by atoms with Crippen LogP contribution in [0.3, 0.4) is 0 Å². The van der Waals surface area contributed by atoms with Crippen molar-refractivity contribution in [1.29, 1.82) is 0 Å². The molecule has 67 heavy (non-hydrogen) atoms. The maximum Gasteiger partial charge on any atom is 0.137 e. The molecule has 0 N–H and O–H groups in total. The van der Waals surface area contributed by atoms with Crippen LogP contribution in [0.25, 0.3) is 112 Å². The van der Waals surface area contributed by atoms with Crippen molar-refractivity contribution in [3.8, 4) is 43.6 Å². The highest BCUT2D eigenvalue weighted by molar-refractivity contribution is 7.16. The molecule has 6 heterocycles. The van der Waals surface area contributed by atoms with Crippen LogP contribution in [0.5, 0.6) is 0 Å². The smallest absolute Gasteiger partial charge is 0.137 e. The van der Waals surface area contributed by atoms with Gasteiger partial charge in [-0.2, -0.15) is 0 Å². The Balaban J connectivity index is 0.732. The van der Waals surface area contributed by atoms with E-state index in [0.717, 1.165) is 22.7 Å². The summed E-state index contributed by atoms with van der Waals surface area (Å²) in [7, 11) is 0. The van der Waals surface area contributed by atoms with E-state index in [0.29, 0.717) is 0 Å². The molecule has 6 aromatic carbocycles. The van der Waals surface area contributed by atoms with Crippen LogP contribution in [0.1, 0.15) is 45.9 Å². The molecule has 0 atom stereocenters. The molecule has 0 aliphatic heterocycles. The molecule has 0 unspecified atom stereocenters. The summed E-state index contributed by atoms with van der Waals surface area (Å²) in [5, 5.41) is 4.94. The first kappa shape index (κ1) is 39.5. The highest BCUT2D eigenvalue weighted by Crippen LogP contribution is 2.49. The SMILES string of the molecule is CC1(C)c2cc(/C=C/c3ccc(-c4ccc5c(c4)c4ccccc4n5-c4ccccn4)s3)ccc2-c2ccc(/C=C/c3ccc(-c4ccc5c(c4)c4ccccc4n5-c4ccccn4)s3)cc21. The molecule has 0 spiro atoms. The van der Waals surface area contributed by atoms with Gasteiger partial charge in [-0.3, -0.25) is 9.13 Å². The van der Waals surface area contributed by atoms with E-state index in [2.05, 4.69) is 215 Å². The lowest BCUT2D eigenvalue weighted by Gasteiger charge is -2.22. The molecule has 6 aromatic heterocycles. The van der Waals surface area contributed by atoms with Gasteiger partial charge in [-0.1, -0.05) is 123 Å². The topological polar surface area (TPSA) is 35.6 Å². The summed E-state index contributed by atoms with van der Waals surface area (Å²) in [5.41, 5.74) is 14.8. The Morgan fingerprint density at radius 3 is 1.31 bits per heavy atom. The Labute approximate surface area is 396 Å². The lowest BCUT2D eigenvalue weighted by atomic mass is 9.81. The predicted molar refractivity (Wildman–Crippen MR) is 286 cm³/mol. The number of thiophene rings is 2. The van der Waals surface area contributed by atoms with Gasteiger partial charge in [-0.25, -0.2) is 9.97 Å². The third kappa shape index (κ3) is 6.63. The number of benzene rings is 6. The fraction of sp³-hybridized carbons (Fsp3) is 0.0492. The highest BCUT2D eigenvalue weighted by Gasteiger charge is 2.35. The lowest BCUT2D eigenvalue weighted by molar-refractivity contribution is 0.660. The van der Waals surface area contributed by atoms with Gasteiger partial charge < -0.3 is 0 Å². The second-order valence-electron chi connectivity index (χ2n) is 17.9. The molecule has 12 aromatic rings. The number of rotatable bonds is 8. The Hall–Kier alpha value is -7.90. The zero-order valence-electron chi connectivity index (χ0n) is 36.9. The number of nitrogens with zero attached hydrogens (tertiary/aromatic N) is 4. The summed E-state index contributed by atoms with van der Waals surface area (Å²) in [6.07, 6.45) is 12.8. The molecule has 0 saturated carbocycles. The Morgan fingerprint density at radius 1 is 0.403 bits per heavy atom. The molecule has 0 fully saturated rings. The average Bonchev–Trinajstić information content (AvgIpc) is 4.21. The van der Waals surface area contributed by atoms with Crippen molar-refractivity contribution >= 4 is 90.6 Å². The van der Waals surface area contributed by atoms with E-state index >= 15 is 0 Å². The van der Waals surface area contributed by atoms with E-state index in [9.17, 15) is 0 Å². The fourth-order valence-electron chi connectivity index (χ4n) is 10.2. The van der Waals surface area contributed by atoms with E-state index in [1.165, 1.54) is 96.6 Å². The number of para-hydroxylation sites is 2. The third-order valence-corrected chi connectivity index (χ3v) is 15.7. The van der Waals surface area contributed by atoms with E-state index in [4.69, 9.17) is 0 Å². The summed E-state index contributed by atoms with van der Waals surface area (Å²) in [6.45, 7) is 4.73. The summed E-state index contributed by atoms with van der Waals surface area (Å²) in [5.74, 6) is 1.86. The number of fused-ring (bicyclic) bond motifs is 9. The second kappa shape index (κ2) is 15.6. The Kier molecular flexibility index (Phi) is 9.20. The first-order valence-electron chi connectivity index (χ1n) is 22.7. The first-order chi connectivity index (χ1) is 32.9. The van der Waals surface area contributed by atoms with Crippen LogP contribution in [0.4, 0.5) is 0 Å². The molecular formula is C61H42N4S2. The van der Waals surface area contributed by atoms with Crippen molar-refractivity contribution < 1.29 is 0 Å². The Morgan fingerprint density at radius 2 is 0.851 bits per heavy atom. The van der Waals surface area contributed by atoms with Crippen LogP contribution in [-0.2, 0) is 5.41 Å².